The van der Waals surface area contributed by atoms with Crippen molar-refractivity contribution in [3.63, 3.8) is 0 Å². The van der Waals surface area contributed by atoms with E-state index in [0.29, 0.717) is 6.54 Å². The van der Waals surface area contributed by atoms with E-state index in [1.54, 1.807) is 0 Å². The molecule has 1 aromatic heterocycles. The average Bonchev–Trinajstić information content (AvgIpc) is 2.93. The number of likely N-dealkylation sites (N-methyl/N-ethyl adjacent to an activating group) is 1. The van der Waals surface area contributed by atoms with Gasteiger partial charge in [-0.15, -0.1) is 0 Å². The second kappa shape index (κ2) is 5.96. The monoisotopic (exact) mass is 281 g/mol. The zero-order valence-electron chi connectivity index (χ0n) is 12.6. The van der Waals surface area contributed by atoms with Crippen LogP contribution in [0.4, 0.5) is 0 Å². The summed E-state index contributed by atoms with van der Waals surface area (Å²) in [5.41, 5.74) is 10.3. The van der Waals surface area contributed by atoms with Crippen LogP contribution in [-0.4, -0.2) is 28.5 Å². The van der Waals surface area contributed by atoms with Crippen molar-refractivity contribution in [2.75, 3.05) is 13.1 Å². The van der Waals surface area contributed by atoms with Crippen LogP contribution in [0.5, 0.6) is 0 Å². The van der Waals surface area contributed by atoms with Crippen molar-refractivity contribution in [3.8, 4) is 0 Å². The smallest absolute Gasteiger partial charge is 0.0544 e. The Kier molecular flexibility index (Phi) is 4.04. The molecule has 1 aliphatic carbocycles. The second-order valence-electron chi connectivity index (χ2n) is 5.89. The first-order chi connectivity index (χ1) is 10.3. The Morgan fingerprint density at radius 1 is 1.10 bits per heavy atom. The van der Waals surface area contributed by atoms with Crippen molar-refractivity contribution in [1.82, 2.24) is 9.88 Å². The molecule has 3 heteroatoms. The fourth-order valence-electron chi connectivity index (χ4n) is 3.47. The quantitative estimate of drug-likeness (QED) is 0.915. The Morgan fingerprint density at radius 3 is 2.29 bits per heavy atom. The molecule has 1 aliphatic rings. The van der Waals surface area contributed by atoms with E-state index < -0.39 is 0 Å². The molecule has 0 spiro atoms. The van der Waals surface area contributed by atoms with E-state index in [1.807, 2.05) is 12.3 Å². The summed E-state index contributed by atoms with van der Waals surface area (Å²) in [5.74, 6) is 0. The standard InChI is InChI=1S/C18H23N3/c1-2-21(13-17-9-5-6-10-20-17)18(14-19)11-15-7-3-4-8-16(15)12-18/h3-10H,2,11-14,19H2,1H3. The minimum absolute atomic E-state index is 0.0377. The zero-order valence-corrected chi connectivity index (χ0v) is 12.6. The lowest BCUT2D eigenvalue weighted by atomic mass is 9.93. The molecule has 0 saturated carbocycles. The number of benzene rings is 1. The third-order valence-corrected chi connectivity index (χ3v) is 4.67. The Balaban J connectivity index is 1.85. The number of nitrogens with two attached hydrogens (primary N) is 1. The molecule has 3 rings (SSSR count). The van der Waals surface area contributed by atoms with Crippen LogP contribution < -0.4 is 5.73 Å². The molecule has 0 fully saturated rings. The van der Waals surface area contributed by atoms with Crippen LogP contribution >= 0.6 is 0 Å². The summed E-state index contributed by atoms with van der Waals surface area (Å²) in [6.45, 7) is 4.75. The summed E-state index contributed by atoms with van der Waals surface area (Å²) < 4.78 is 0. The van der Waals surface area contributed by atoms with Crippen molar-refractivity contribution in [2.45, 2.75) is 31.8 Å². The average molecular weight is 281 g/mol. The van der Waals surface area contributed by atoms with Gasteiger partial charge in [-0.2, -0.15) is 0 Å². The van der Waals surface area contributed by atoms with Crippen molar-refractivity contribution in [1.29, 1.82) is 0 Å². The lowest BCUT2D eigenvalue weighted by Crippen LogP contribution is -2.54. The van der Waals surface area contributed by atoms with E-state index in [-0.39, 0.29) is 5.54 Å². The number of aromatic nitrogens is 1. The fraction of sp³-hybridized carbons (Fsp3) is 0.389. The van der Waals surface area contributed by atoms with E-state index in [0.717, 1.165) is 31.6 Å². The van der Waals surface area contributed by atoms with Gasteiger partial charge >= 0.3 is 0 Å². The highest BCUT2D eigenvalue weighted by Crippen LogP contribution is 2.34. The SMILES string of the molecule is CCN(Cc1ccccn1)C1(CN)Cc2ccccc2C1. The summed E-state index contributed by atoms with van der Waals surface area (Å²) in [7, 11) is 0. The summed E-state index contributed by atoms with van der Waals surface area (Å²) in [4.78, 5) is 6.97. The molecule has 0 atom stereocenters. The second-order valence-corrected chi connectivity index (χ2v) is 5.89. The Bertz CT molecular complexity index is 569. The molecule has 110 valence electrons. The predicted molar refractivity (Wildman–Crippen MR) is 86.0 cm³/mol. The lowest BCUT2D eigenvalue weighted by molar-refractivity contribution is 0.0989. The number of hydrogen-bond acceptors (Lipinski definition) is 3. The first-order valence-electron chi connectivity index (χ1n) is 7.69. The first-order valence-corrected chi connectivity index (χ1v) is 7.69. The Labute approximate surface area is 126 Å². The maximum absolute atomic E-state index is 6.22. The summed E-state index contributed by atoms with van der Waals surface area (Å²) >= 11 is 0. The number of fused-ring (bicyclic) bond motifs is 1. The Hall–Kier alpha value is -1.71. The summed E-state index contributed by atoms with van der Waals surface area (Å²) in [5, 5.41) is 0. The van der Waals surface area contributed by atoms with E-state index in [2.05, 4.69) is 53.2 Å². The van der Waals surface area contributed by atoms with Crippen molar-refractivity contribution >= 4 is 0 Å². The molecule has 2 N–H and O–H groups in total. The summed E-state index contributed by atoms with van der Waals surface area (Å²) in [6.07, 6.45) is 3.95. The van der Waals surface area contributed by atoms with Gasteiger partial charge in [-0.1, -0.05) is 37.3 Å². The Morgan fingerprint density at radius 2 is 1.76 bits per heavy atom. The van der Waals surface area contributed by atoms with Gasteiger partial charge in [0.2, 0.25) is 0 Å². The van der Waals surface area contributed by atoms with Gasteiger partial charge in [0.1, 0.15) is 0 Å². The van der Waals surface area contributed by atoms with Crippen LogP contribution in [0.1, 0.15) is 23.7 Å². The maximum Gasteiger partial charge on any atom is 0.0544 e. The van der Waals surface area contributed by atoms with Crippen LogP contribution in [0.15, 0.2) is 48.7 Å². The van der Waals surface area contributed by atoms with Gasteiger partial charge in [0.15, 0.2) is 0 Å². The van der Waals surface area contributed by atoms with Gasteiger partial charge in [-0.25, -0.2) is 0 Å². The maximum atomic E-state index is 6.22. The highest BCUT2D eigenvalue weighted by molar-refractivity contribution is 5.36. The zero-order chi connectivity index (χ0) is 14.7. The summed E-state index contributed by atoms with van der Waals surface area (Å²) in [6, 6.07) is 14.8. The number of rotatable bonds is 5. The molecule has 1 heterocycles. The number of nitrogens with zero attached hydrogens (tertiary/aromatic N) is 2. The largest absolute Gasteiger partial charge is 0.329 e. The molecule has 0 aliphatic heterocycles. The molecular formula is C18H23N3. The molecule has 0 unspecified atom stereocenters. The van der Waals surface area contributed by atoms with Gasteiger partial charge in [0.25, 0.3) is 0 Å². The number of hydrogen-bond donors (Lipinski definition) is 1. The highest BCUT2D eigenvalue weighted by Gasteiger charge is 2.40. The van der Waals surface area contributed by atoms with E-state index >= 15 is 0 Å². The minimum Gasteiger partial charge on any atom is -0.329 e. The third-order valence-electron chi connectivity index (χ3n) is 4.67. The molecule has 0 saturated heterocycles. The van der Waals surface area contributed by atoms with Crippen molar-refractivity contribution in [3.05, 3.63) is 65.5 Å². The molecular weight excluding hydrogens is 258 g/mol. The van der Waals surface area contributed by atoms with Gasteiger partial charge < -0.3 is 5.73 Å². The normalized spacial score (nSPS) is 16.1. The molecule has 0 bridgehead atoms. The van der Waals surface area contributed by atoms with E-state index in [9.17, 15) is 0 Å². The van der Waals surface area contributed by atoms with Gasteiger partial charge in [-0.3, -0.25) is 9.88 Å². The molecule has 0 amide bonds. The first kappa shape index (κ1) is 14.2. The van der Waals surface area contributed by atoms with E-state index in [4.69, 9.17) is 5.73 Å². The van der Waals surface area contributed by atoms with Gasteiger partial charge in [0, 0.05) is 24.8 Å². The topological polar surface area (TPSA) is 42.2 Å². The van der Waals surface area contributed by atoms with Crippen LogP contribution in [0, 0.1) is 0 Å². The molecule has 1 aromatic carbocycles. The lowest BCUT2D eigenvalue weighted by Gasteiger charge is -2.40. The predicted octanol–water partition coefficient (Wildman–Crippen LogP) is 2.40. The van der Waals surface area contributed by atoms with E-state index in [1.165, 1.54) is 11.1 Å². The molecule has 3 nitrogen and oxygen atoms in total. The highest BCUT2D eigenvalue weighted by atomic mass is 15.2. The van der Waals surface area contributed by atoms with Crippen molar-refractivity contribution in [2.24, 2.45) is 5.73 Å². The molecule has 21 heavy (non-hydrogen) atoms. The van der Waals surface area contributed by atoms with Crippen LogP contribution in [-0.2, 0) is 19.4 Å². The van der Waals surface area contributed by atoms with Crippen LogP contribution in [0.2, 0.25) is 0 Å². The third kappa shape index (κ3) is 2.71. The van der Waals surface area contributed by atoms with Crippen molar-refractivity contribution < 1.29 is 0 Å². The van der Waals surface area contributed by atoms with Gasteiger partial charge in [0.05, 0.1) is 5.69 Å². The minimum atomic E-state index is 0.0377. The fourth-order valence-corrected chi connectivity index (χ4v) is 3.47. The van der Waals surface area contributed by atoms with Gasteiger partial charge in [-0.05, 0) is 42.6 Å². The van der Waals surface area contributed by atoms with Crippen LogP contribution in [0.25, 0.3) is 0 Å². The van der Waals surface area contributed by atoms with Crippen LogP contribution in [0.3, 0.4) is 0 Å². The number of pyridine rings is 1. The molecule has 2 aromatic rings. The molecule has 0 radical (unpaired) electrons.